The van der Waals surface area contributed by atoms with Gasteiger partial charge in [0.05, 0.1) is 11.2 Å². The molecular weight excluding hydrogens is 697 g/mol. The lowest BCUT2D eigenvalue weighted by Crippen LogP contribution is -2.48. The molecule has 0 unspecified atom stereocenters. The Morgan fingerprint density at radius 2 is 1.60 bits per heavy atom. The molecule has 0 bridgehead atoms. The molecule has 0 aliphatic carbocycles. The normalized spacial score (nSPS) is 14.0. The van der Waals surface area contributed by atoms with Gasteiger partial charge in [-0.2, -0.15) is 0 Å². The Balaban J connectivity index is 0.00000461. The standard InChI is InChI=1S/C35H34Cl3N3O3.BrH/c1-23-18-28(24(2)25(3)35(42)41-16-14-40(15-17-41)21-26-8-10-29(36)11-9-26)19-32(38)34(23)44-33-13-12-30(20-39-33)43-22-27-6-4-5-7-31(27)37;/h4-13,18-20H,14-17,21-22H2,1-3H3;1H. The second-order valence-corrected chi connectivity index (χ2v) is 12.1. The van der Waals surface area contributed by atoms with Gasteiger partial charge in [-0.25, -0.2) is 4.98 Å². The van der Waals surface area contributed by atoms with E-state index in [1.165, 1.54) is 5.56 Å². The highest BCUT2D eigenvalue weighted by atomic mass is 79.9. The van der Waals surface area contributed by atoms with Crippen LogP contribution in [0, 0.1) is 6.92 Å². The molecule has 1 aromatic heterocycles. The van der Waals surface area contributed by atoms with Crippen molar-refractivity contribution in [3.63, 3.8) is 0 Å². The molecule has 1 aliphatic heterocycles. The van der Waals surface area contributed by atoms with E-state index >= 15 is 0 Å². The molecule has 0 radical (unpaired) electrons. The topological polar surface area (TPSA) is 54.9 Å². The van der Waals surface area contributed by atoms with Gasteiger partial charge in [-0.15, -0.1) is 17.0 Å². The summed E-state index contributed by atoms with van der Waals surface area (Å²) in [5, 5.41) is 1.83. The zero-order valence-electron chi connectivity index (χ0n) is 25.4. The summed E-state index contributed by atoms with van der Waals surface area (Å²) in [6.45, 7) is 9.94. The number of pyridine rings is 1. The van der Waals surface area contributed by atoms with Gasteiger partial charge in [-0.3, -0.25) is 9.69 Å². The van der Waals surface area contributed by atoms with Crippen molar-refractivity contribution in [2.75, 3.05) is 26.2 Å². The smallest absolute Gasteiger partial charge is 0.249 e. The molecule has 1 saturated heterocycles. The molecule has 45 heavy (non-hydrogen) atoms. The summed E-state index contributed by atoms with van der Waals surface area (Å²) in [6.07, 6.45) is 1.60. The Morgan fingerprint density at radius 3 is 2.24 bits per heavy atom. The number of halogens is 4. The van der Waals surface area contributed by atoms with Crippen LogP contribution in [0.4, 0.5) is 0 Å². The number of hydrogen-bond acceptors (Lipinski definition) is 5. The number of rotatable bonds is 9. The van der Waals surface area contributed by atoms with E-state index in [0.717, 1.165) is 46.9 Å². The van der Waals surface area contributed by atoms with E-state index < -0.39 is 0 Å². The Bertz CT molecular complexity index is 1630. The van der Waals surface area contributed by atoms with Gasteiger partial charge in [0.25, 0.3) is 0 Å². The van der Waals surface area contributed by atoms with Crippen LogP contribution in [-0.2, 0) is 17.9 Å². The summed E-state index contributed by atoms with van der Waals surface area (Å²) in [7, 11) is 0. The minimum absolute atomic E-state index is 0. The summed E-state index contributed by atoms with van der Waals surface area (Å²) in [5.74, 6) is 1.55. The molecule has 3 aromatic carbocycles. The number of piperazine rings is 1. The molecule has 0 N–H and O–H groups in total. The summed E-state index contributed by atoms with van der Waals surface area (Å²) in [6, 6.07) is 22.8. The molecule has 10 heteroatoms. The lowest BCUT2D eigenvalue weighted by atomic mass is 9.99. The summed E-state index contributed by atoms with van der Waals surface area (Å²) < 4.78 is 11.9. The molecule has 0 atom stereocenters. The largest absolute Gasteiger partial charge is 0.487 e. The number of nitrogens with zero attached hydrogens (tertiary/aromatic N) is 3. The van der Waals surface area contributed by atoms with Gasteiger partial charge in [0, 0.05) is 60.0 Å². The fraction of sp³-hybridized carbons (Fsp3) is 0.257. The van der Waals surface area contributed by atoms with Gasteiger partial charge in [0.2, 0.25) is 11.8 Å². The Hall–Kier alpha value is -3.07. The first kappa shape index (κ1) is 34.8. The number of hydrogen-bond donors (Lipinski definition) is 0. The minimum Gasteiger partial charge on any atom is -0.487 e. The lowest BCUT2D eigenvalue weighted by molar-refractivity contribution is -0.128. The zero-order valence-corrected chi connectivity index (χ0v) is 29.3. The van der Waals surface area contributed by atoms with Crippen molar-refractivity contribution in [2.24, 2.45) is 0 Å². The van der Waals surface area contributed by atoms with Crippen LogP contribution >= 0.6 is 51.8 Å². The molecule has 236 valence electrons. The van der Waals surface area contributed by atoms with Crippen molar-refractivity contribution in [3.8, 4) is 17.4 Å². The van der Waals surface area contributed by atoms with Crippen molar-refractivity contribution < 1.29 is 14.3 Å². The van der Waals surface area contributed by atoms with Crippen molar-refractivity contribution in [3.05, 3.63) is 122 Å². The van der Waals surface area contributed by atoms with Crippen molar-refractivity contribution in [1.82, 2.24) is 14.8 Å². The van der Waals surface area contributed by atoms with E-state index in [1.54, 1.807) is 18.3 Å². The van der Waals surface area contributed by atoms with Crippen molar-refractivity contribution in [2.45, 2.75) is 33.9 Å². The van der Waals surface area contributed by atoms with Crippen LogP contribution in [0.25, 0.3) is 5.57 Å². The first-order chi connectivity index (χ1) is 21.2. The number of carbonyl (C=O) groups is 1. The molecule has 2 heterocycles. The number of amides is 1. The molecular formula is C35H35BrCl3N3O3. The number of allylic oxidation sites excluding steroid dienone is 1. The number of aryl methyl sites for hydroxylation is 1. The average molecular weight is 732 g/mol. The van der Waals surface area contributed by atoms with Gasteiger partial charge in [-0.1, -0.05) is 65.1 Å². The second kappa shape index (κ2) is 16.0. The molecule has 6 nitrogen and oxygen atoms in total. The highest BCUT2D eigenvalue weighted by Gasteiger charge is 2.23. The Morgan fingerprint density at radius 1 is 0.889 bits per heavy atom. The second-order valence-electron chi connectivity index (χ2n) is 10.9. The van der Waals surface area contributed by atoms with Gasteiger partial charge in [0.1, 0.15) is 12.4 Å². The minimum atomic E-state index is 0. The maximum absolute atomic E-state index is 13.4. The van der Waals surface area contributed by atoms with Gasteiger partial charge in [-0.05, 0) is 79.4 Å². The first-order valence-electron chi connectivity index (χ1n) is 14.4. The third-order valence-electron chi connectivity index (χ3n) is 7.79. The van der Waals surface area contributed by atoms with Gasteiger partial charge < -0.3 is 14.4 Å². The van der Waals surface area contributed by atoms with Crippen LogP contribution in [0.15, 0.2) is 84.6 Å². The predicted molar refractivity (Wildman–Crippen MR) is 188 cm³/mol. The van der Waals surface area contributed by atoms with E-state index in [4.69, 9.17) is 44.3 Å². The molecule has 0 saturated carbocycles. The molecule has 0 spiro atoms. The zero-order chi connectivity index (χ0) is 31.2. The van der Waals surface area contributed by atoms with Crippen LogP contribution in [-0.4, -0.2) is 46.9 Å². The van der Waals surface area contributed by atoms with Crippen LogP contribution < -0.4 is 9.47 Å². The Kier molecular flexibility index (Phi) is 12.3. The van der Waals surface area contributed by atoms with E-state index in [2.05, 4.69) is 9.88 Å². The third kappa shape index (κ3) is 9.02. The van der Waals surface area contributed by atoms with Crippen molar-refractivity contribution >= 4 is 63.3 Å². The summed E-state index contributed by atoms with van der Waals surface area (Å²) in [4.78, 5) is 22.1. The van der Waals surface area contributed by atoms with Crippen LogP contribution in [0.2, 0.25) is 15.1 Å². The molecule has 5 rings (SSSR count). The molecule has 1 amide bonds. The maximum Gasteiger partial charge on any atom is 0.249 e. The van der Waals surface area contributed by atoms with E-state index in [-0.39, 0.29) is 22.9 Å². The summed E-state index contributed by atoms with van der Waals surface area (Å²) >= 11 is 18.9. The SMILES string of the molecule is Br.CC(C(=O)N1CCN(Cc2ccc(Cl)cc2)CC1)=C(C)c1cc(C)c(Oc2ccc(OCc3ccccc3Cl)cn2)c(Cl)c1. The van der Waals surface area contributed by atoms with E-state index in [9.17, 15) is 4.79 Å². The van der Waals surface area contributed by atoms with E-state index in [1.807, 2.05) is 86.3 Å². The highest BCUT2D eigenvalue weighted by Crippen LogP contribution is 2.36. The first-order valence-corrected chi connectivity index (χ1v) is 15.6. The van der Waals surface area contributed by atoms with Crippen LogP contribution in [0.1, 0.15) is 36.1 Å². The quantitative estimate of drug-likeness (QED) is 0.161. The average Bonchev–Trinajstić information content (AvgIpc) is 3.03. The molecule has 1 aliphatic rings. The van der Waals surface area contributed by atoms with E-state index in [0.29, 0.717) is 52.7 Å². The monoisotopic (exact) mass is 729 g/mol. The number of ether oxygens (including phenoxy) is 2. The van der Waals surface area contributed by atoms with Crippen LogP contribution in [0.3, 0.4) is 0 Å². The van der Waals surface area contributed by atoms with Gasteiger partial charge >= 0.3 is 0 Å². The number of aromatic nitrogens is 1. The maximum atomic E-state index is 13.4. The van der Waals surface area contributed by atoms with Gasteiger partial charge in [0.15, 0.2) is 5.75 Å². The Labute approximate surface area is 290 Å². The number of benzene rings is 3. The van der Waals surface area contributed by atoms with Crippen LogP contribution in [0.5, 0.6) is 17.4 Å². The third-order valence-corrected chi connectivity index (χ3v) is 8.69. The predicted octanol–water partition coefficient (Wildman–Crippen LogP) is 9.44. The highest BCUT2D eigenvalue weighted by molar-refractivity contribution is 8.93. The molecule has 4 aromatic rings. The van der Waals surface area contributed by atoms with Crippen molar-refractivity contribution in [1.29, 1.82) is 0 Å². The lowest BCUT2D eigenvalue weighted by Gasteiger charge is -2.35. The fourth-order valence-corrected chi connectivity index (χ4v) is 5.66. The number of carbonyl (C=O) groups excluding carboxylic acids is 1. The fourth-order valence-electron chi connectivity index (χ4n) is 5.04. The molecule has 1 fully saturated rings. The summed E-state index contributed by atoms with van der Waals surface area (Å²) in [5.41, 5.74) is 5.41.